The number of imidazole rings is 1. The number of anilines is 1. The second-order valence-electron chi connectivity index (χ2n) is 8.91. The Morgan fingerprint density at radius 1 is 1.09 bits per heavy atom. The van der Waals surface area contributed by atoms with Crippen LogP contribution in [0.15, 0.2) is 72.8 Å². The predicted octanol–water partition coefficient (Wildman–Crippen LogP) is 4.70. The summed E-state index contributed by atoms with van der Waals surface area (Å²) >= 11 is 0. The lowest BCUT2D eigenvalue weighted by molar-refractivity contribution is -0.117. The fourth-order valence-electron chi connectivity index (χ4n) is 4.63. The summed E-state index contributed by atoms with van der Waals surface area (Å²) in [5.41, 5.74) is 3.62. The molecule has 0 saturated carbocycles. The van der Waals surface area contributed by atoms with E-state index in [1.165, 1.54) is 17.7 Å². The smallest absolute Gasteiger partial charge is 0.227 e. The molecule has 1 aliphatic rings. The Balaban J connectivity index is 1.35. The summed E-state index contributed by atoms with van der Waals surface area (Å²) in [6, 6.07) is 21.6. The maximum Gasteiger partial charge on any atom is 0.227 e. The van der Waals surface area contributed by atoms with Crippen LogP contribution in [0.1, 0.15) is 30.7 Å². The molecule has 4 aromatic rings. The van der Waals surface area contributed by atoms with E-state index < -0.39 is 6.10 Å². The van der Waals surface area contributed by atoms with Crippen molar-refractivity contribution in [3.8, 4) is 5.75 Å². The number of nitrogens with zero attached hydrogens (tertiary/aromatic N) is 3. The van der Waals surface area contributed by atoms with Gasteiger partial charge >= 0.3 is 0 Å². The zero-order valence-corrected chi connectivity index (χ0v) is 19.6. The molecule has 1 aromatic heterocycles. The number of rotatable bonds is 8. The quantitative estimate of drug-likeness (QED) is 0.403. The van der Waals surface area contributed by atoms with Gasteiger partial charge in [0, 0.05) is 24.6 Å². The maximum atomic E-state index is 13.4. The first-order chi connectivity index (χ1) is 17.0. The number of aryl methyl sites for hydroxylation is 1. The molecule has 1 fully saturated rings. The van der Waals surface area contributed by atoms with Crippen LogP contribution in [-0.4, -0.2) is 39.8 Å². The highest BCUT2D eigenvalue weighted by atomic mass is 19.1. The lowest BCUT2D eigenvalue weighted by Crippen LogP contribution is -2.26. The molecule has 1 amide bonds. The van der Waals surface area contributed by atoms with Gasteiger partial charge in [-0.3, -0.25) is 4.79 Å². The second-order valence-corrected chi connectivity index (χ2v) is 8.91. The fourth-order valence-corrected chi connectivity index (χ4v) is 4.63. The molecular weight excluding hydrogens is 445 g/mol. The highest BCUT2D eigenvalue weighted by molar-refractivity contribution is 5.96. The number of aliphatic hydroxyl groups is 1. The summed E-state index contributed by atoms with van der Waals surface area (Å²) in [6.45, 7) is 2.99. The van der Waals surface area contributed by atoms with E-state index in [-0.39, 0.29) is 24.2 Å². The van der Waals surface area contributed by atoms with Gasteiger partial charge in [-0.15, -0.1) is 0 Å². The largest absolute Gasteiger partial charge is 0.491 e. The fraction of sp³-hybridized carbons (Fsp3) is 0.286. The Morgan fingerprint density at radius 3 is 2.57 bits per heavy atom. The molecule has 3 aromatic carbocycles. The molecule has 0 radical (unpaired) electrons. The molecular formula is C28H28FN3O3. The Hall–Kier alpha value is -3.71. The molecule has 35 heavy (non-hydrogen) atoms. The monoisotopic (exact) mass is 473 g/mol. The van der Waals surface area contributed by atoms with Gasteiger partial charge in [-0.2, -0.15) is 0 Å². The van der Waals surface area contributed by atoms with Crippen molar-refractivity contribution in [1.29, 1.82) is 0 Å². The van der Waals surface area contributed by atoms with Crippen molar-refractivity contribution < 1.29 is 19.0 Å². The molecule has 5 rings (SSSR count). The predicted molar refractivity (Wildman–Crippen MR) is 133 cm³/mol. The van der Waals surface area contributed by atoms with Crippen molar-refractivity contribution in [2.45, 2.75) is 38.3 Å². The number of hydrogen-bond acceptors (Lipinski definition) is 4. The highest BCUT2D eigenvalue weighted by Crippen LogP contribution is 2.33. The normalized spacial score (nSPS) is 16.7. The van der Waals surface area contributed by atoms with Gasteiger partial charge in [0.05, 0.1) is 17.6 Å². The zero-order valence-electron chi connectivity index (χ0n) is 19.6. The number of hydrogen-bond donors (Lipinski definition) is 1. The Labute approximate surface area is 203 Å². The van der Waals surface area contributed by atoms with Crippen LogP contribution in [0.2, 0.25) is 0 Å². The second kappa shape index (κ2) is 9.88. The molecule has 7 heteroatoms. The van der Waals surface area contributed by atoms with E-state index in [1.54, 1.807) is 17.0 Å². The summed E-state index contributed by atoms with van der Waals surface area (Å²) in [6.07, 6.45) is 0.501. The first kappa shape index (κ1) is 23.1. The number of aromatic nitrogens is 2. The van der Waals surface area contributed by atoms with Crippen LogP contribution in [0.4, 0.5) is 10.1 Å². The minimum absolute atomic E-state index is 0.0281. The number of amides is 1. The van der Waals surface area contributed by atoms with Crippen LogP contribution in [0.25, 0.3) is 11.0 Å². The first-order valence-corrected chi connectivity index (χ1v) is 11.9. The summed E-state index contributed by atoms with van der Waals surface area (Å²) in [5.74, 6) is 0.967. The number of aliphatic hydroxyl groups excluding tert-OH is 1. The lowest BCUT2D eigenvalue weighted by Gasteiger charge is -2.19. The van der Waals surface area contributed by atoms with Crippen LogP contribution < -0.4 is 9.64 Å². The number of fused-ring (bicyclic) bond motifs is 1. The van der Waals surface area contributed by atoms with E-state index in [1.807, 2.05) is 53.1 Å². The molecule has 1 saturated heterocycles. The van der Waals surface area contributed by atoms with Gasteiger partial charge in [0.15, 0.2) is 0 Å². The number of ether oxygens (including phenoxy) is 1. The standard InChI is InChI=1S/C28H28FN3O3/c1-2-19-7-13-24(14-8-19)35-18-23(33)17-32-26-6-4-3-5-25(26)30-28(32)20-15-27(34)31(16-20)22-11-9-21(29)10-12-22/h3-14,20,23,33H,2,15-18H2,1H3/t20-,23-/m1/s1. The number of para-hydroxylation sites is 2. The number of carbonyl (C=O) groups excluding carboxylic acids is 1. The van der Waals surface area contributed by atoms with E-state index in [4.69, 9.17) is 9.72 Å². The van der Waals surface area contributed by atoms with Crippen LogP contribution in [0, 0.1) is 5.82 Å². The Morgan fingerprint density at radius 2 is 1.83 bits per heavy atom. The van der Waals surface area contributed by atoms with Gasteiger partial charge in [0.1, 0.15) is 30.1 Å². The van der Waals surface area contributed by atoms with Crippen molar-refractivity contribution >= 4 is 22.6 Å². The first-order valence-electron chi connectivity index (χ1n) is 11.9. The van der Waals surface area contributed by atoms with Gasteiger partial charge in [0.2, 0.25) is 5.91 Å². The van der Waals surface area contributed by atoms with E-state index in [0.717, 1.165) is 23.3 Å². The molecule has 2 heterocycles. The van der Waals surface area contributed by atoms with Crippen molar-refractivity contribution in [3.05, 3.63) is 90.0 Å². The maximum absolute atomic E-state index is 13.4. The third-order valence-corrected chi connectivity index (χ3v) is 6.48. The SMILES string of the molecule is CCc1ccc(OC[C@H](O)Cn2c([C@@H]3CC(=O)N(c4ccc(F)cc4)C3)nc3ccccc32)cc1. The average molecular weight is 474 g/mol. The van der Waals surface area contributed by atoms with E-state index in [0.29, 0.717) is 30.9 Å². The van der Waals surface area contributed by atoms with E-state index in [2.05, 4.69) is 6.92 Å². The minimum atomic E-state index is -0.762. The Bertz CT molecular complexity index is 1320. The molecule has 0 spiro atoms. The zero-order chi connectivity index (χ0) is 24.4. The minimum Gasteiger partial charge on any atom is -0.491 e. The molecule has 2 atom stereocenters. The van der Waals surface area contributed by atoms with Gasteiger partial charge in [-0.05, 0) is 60.5 Å². The van der Waals surface area contributed by atoms with Gasteiger partial charge in [-0.25, -0.2) is 9.37 Å². The molecule has 180 valence electrons. The van der Waals surface area contributed by atoms with Crippen molar-refractivity contribution in [2.24, 2.45) is 0 Å². The number of halogens is 1. The molecule has 0 unspecified atom stereocenters. The number of carbonyl (C=O) groups is 1. The van der Waals surface area contributed by atoms with Gasteiger partial charge < -0.3 is 19.3 Å². The highest BCUT2D eigenvalue weighted by Gasteiger charge is 2.35. The van der Waals surface area contributed by atoms with Crippen LogP contribution >= 0.6 is 0 Å². The van der Waals surface area contributed by atoms with E-state index in [9.17, 15) is 14.3 Å². The summed E-state index contributed by atoms with van der Waals surface area (Å²) in [7, 11) is 0. The van der Waals surface area contributed by atoms with Crippen molar-refractivity contribution in [1.82, 2.24) is 9.55 Å². The van der Waals surface area contributed by atoms with Crippen molar-refractivity contribution in [2.75, 3.05) is 18.1 Å². The summed E-state index contributed by atoms with van der Waals surface area (Å²) in [5, 5.41) is 10.8. The molecule has 0 aliphatic carbocycles. The topological polar surface area (TPSA) is 67.6 Å². The Kier molecular flexibility index (Phi) is 6.51. The molecule has 6 nitrogen and oxygen atoms in total. The number of benzene rings is 3. The summed E-state index contributed by atoms with van der Waals surface area (Å²) < 4.78 is 21.2. The molecule has 1 aliphatic heterocycles. The van der Waals surface area contributed by atoms with Crippen LogP contribution in [-0.2, 0) is 17.8 Å². The third kappa shape index (κ3) is 4.91. The summed E-state index contributed by atoms with van der Waals surface area (Å²) in [4.78, 5) is 19.3. The third-order valence-electron chi connectivity index (χ3n) is 6.48. The van der Waals surface area contributed by atoms with Gasteiger partial charge in [-0.1, -0.05) is 31.2 Å². The van der Waals surface area contributed by atoms with E-state index >= 15 is 0 Å². The molecule has 1 N–H and O–H groups in total. The molecule has 0 bridgehead atoms. The van der Waals surface area contributed by atoms with Gasteiger partial charge in [0.25, 0.3) is 0 Å². The lowest BCUT2D eigenvalue weighted by atomic mass is 10.1. The van der Waals surface area contributed by atoms with Crippen LogP contribution in [0.5, 0.6) is 5.75 Å². The average Bonchev–Trinajstić information content (AvgIpc) is 3.44. The van der Waals surface area contributed by atoms with Crippen molar-refractivity contribution in [3.63, 3.8) is 0 Å². The van der Waals surface area contributed by atoms with Crippen LogP contribution in [0.3, 0.4) is 0 Å².